The first-order chi connectivity index (χ1) is 6.83. The first-order valence-corrected chi connectivity index (χ1v) is 4.60. The molecule has 0 bridgehead atoms. The average molecular weight is 194 g/mol. The molecule has 0 saturated heterocycles. The Kier molecular flexibility index (Phi) is 4.64. The van der Waals surface area contributed by atoms with Crippen LogP contribution in [0.3, 0.4) is 0 Å². The third-order valence-electron chi connectivity index (χ3n) is 1.75. The molecule has 1 rings (SSSR count). The molecule has 0 aliphatic carbocycles. The van der Waals surface area contributed by atoms with Crippen molar-refractivity contribution >= 4 is 5.91 Å². The predicted molar refractivity (Wildman–Crippen MR) is 52.4 cm³/mol. The topological polar surface area (TPSA) is 62.2 Å². The van der Waals surface area contributed by atoms with Crippen molar-refractivity contribution in [3.8, 4) is 0 Å². The molecular formula is C10H14N2O2. The Morgan fingerprint density at radius 1 is 1.50 bits per heavy atom. The molecule has 0 radical (unpaired) electrons. The summed E-state index contributed by atoms with van der Waals surface area (Å²) in [4.78, 5) is 15.2. The van der Waals surface area contributed by atoms with Gasteiger partial charge >= 0.3 is 0 Å². The van der Waals surface area contributed by atoms with Crippen LogP contribution in [-0.4, -0.2) is 22.6 Å². The molecule has 0 aromatic carbocycles. The highest BCUT2D eigenvalue weighted by Gasteiger charge is 2.00. The van der Waals surface area contributed by atoms with Crippen LogP contribution in [0.5, 0.6) is 0 Å². The van der Waals surface area contributed by atoms with E-state index in [0.29, 0.717) is 19.4 Å². The molecule has 0 spiro atoms. The van der Waals surface area contributed by atoms with Gasteiger partial charge in [0, 0.05) is 19.2 Å². The number of aromatic nitrogens is 1. The summed E-state index contributed by atoms with van der Waals surface area (Å²) in [6.07, 6.45) is 2.56. The second kappa shape index (κ2) is 6.10. The zero-order valence-corrected chi connectivity index (χ0v) is 7.94. The monoisotopic (exact) mass is 194 g/mol. The van der Waals surface area contributed by atoms with Crippen LogP contribution in [-0.2, 0) is 11.3 Å². The van der Waals surface area contributed by atoms with Crippen LogP contribution in [0.1, 0.15) is 18.5 Å². The molecular weight excluding hydrogens is 180 g/mol. The van der Waals surface area contributed by atoms with Crippen LogP contribution in [0, 0.1) is 0 Å². The summed E-state index contributed by atoms with van der Waals surface area (Å²) in [5, 5.41) is 11.2. The minimum atomic E-state index is -0.0512. The minimum absolute atomic E-state index is 0.0512. The Balaban J connectivity index is 2.24. The molecule has 1 amide bonds. The lowest BCUT2D eigenvalue weighted by atomic mass is 10.3. The number of aliphatic hydroxyl groups excluding tert-OH is 1. The van der Waals surface area contributed by atoms with Crippen LogP contribution >= 0.6 is 0 Å². The highest BCUT2D eigenvalue weighted by atomic mass is 16.3. The summed E-state index contributed by atoms with van der Waals surface area (Å²) in [7, 11) is 0. The lowest BCUT2D eigenvalue weighted by Crippen LogP contribution is -2.23. The van der Waals surface area contributed by atoms with E-state index in [1.54, 1.807) is 6.20 Å². The van der Waals surface area contributed by atoms with Gasteiger partial charge in [-0.2, -0.15) is 0 Å². The smallest absolute Gasteiger partial charge is 0.220 e. The lowest BCUT2D eigenvalue weighted by molar-refractivity contribution is -0.121. The molecule has 4 heteroatoms. The Hall–Kier alpha value is -1.42. The Morgan fingerprint density at radius 2 is 2.36 bits per heavy atom. The van der Waals surface area contributed by atoms with E-state index in [9.17, 15) is 4.79 Å². The van der Waals surface area contributed by atoms with E-state index in [-0.39, 0.29) is 12.5 Å². The van der Waals surface area contributed by atoms with E-state index >= 15 is 0 Å². The maximum atomic E-state index is 11.1. The van der Waals surface area contributed by atoms with Crippen molar-refractivity contribution in [2.75, 3.05) is 6.61 Å². The summed E-state index contributed by atoms with van der Waals surface area (Å²) in [5.41, 5.74) is 0.838. The molecule has 1 aromatic rings. The van der Waals surface area contributed by atoms with Crippen molar-refractivity contribution in [1.82, 2.24) is 10.3 Å². The van der Waals surface area contributed by atoms with Gasteiger partial charge in [0.1, 0.15) is 0 Å². The zero-order chi connectivity index (χ0) is 10.2. The Labute approximate surface area is 83.0 Å². The fourth-order valence-electron chi connectivity index (χ4n) is 1.02. The number of amides is 1. The maximum Gasteiger partial charge on any atom is 0.220 e. The van der Waals surface area contributed by atoms with Gasteiger partial charge in [0.2, 0.25) is 5.91 Å². The molecule has 1 aromatic heterocycles. The van der Waals surface area contributed by atoms with Crippen molar-refractivity contribution in [2.24, 2.45) is 0 Å². The van der Waals surface area contributed by atoms with Crippen LogP contribution < -0.4 is 5.32 Å². The summed E-state index contributed by atoms with van der Waals surface area (Å²) < 4.78 is 0. The van der Waals surface area contributed by atoms with Gasteiger partial charge in [0.05, 0.1) is 12.2 Å². The molecule has 0 unspecified atom stereocenters. The van der Waals surface area contributed by atoms with Crippen LogP contribution in [0.25, 0.3) is 0 Å². The highest BCUT2D eigenvalue weighted by Crippen LogP contribution is 1.93. The van der Waals surface area contributed by atoms with E-state index < -0.39 is 0 Å². The van der Waals surface area contributed by atoms with E-state index in [0.717, 1.165) is 5.69 Å². The number of carbonyl (C=O) groups is 1. The number of rotatable bonds is 5. The van der Waals surface area contributed by atoms with Gasteiger partial charge < -0.3 is 10.4 Å². The molecule has 0 fully saturated rings. The third kappa shape index (κ3) is 4.00. The number of pyridine rings is 1. The van der Waals surface area contributed by atoms with Crippen molar-refractivity contribution in [3.05, 3.63) is 30.1 Å². The minimum Gasteiger partial charge on any atom is -0.396 e. The van der Waals surface area contributed by atoms with Gasteiger partial charge in [-0.25, -0.2) is 0 Å². The van der Waals surface area contributed by atoms with Gasteiger partial charge in [-0.3, -0.25) is 9.78 Å². The van der Waals surface area contributed by atoms with Gasteiger partial charge in [0.25, 0.3) is 0 Å². The molecule has 0 aliphatic rings. The number of nitrogens with one attached hydrogen (secondary N) is 1. The van der Waals surface area contributed by atoms with Crippen molar-refractivity contribution in [1.29, 1.82) is 0 Å². The van der Waals surface area contributed by atoms with E-state index in [1.165, 1.54) is 0 Å². The number of carbonyl (C=O) groups excluding carboxylic acids is 1. The maximum absolute atomic E-state index is 11.1. The molecule has 1 heterocycles. The Bertz CT molecular complexity index is 275. The quantitative estimate of drug-likeness (QED) is 0.716. The van der Waals surface area contributed by atoms with E-state index in [4.69, 9.17) is 5.11 Å². The molecule has 76 valence electrons. The van der Waals surface area contributed by atoms with Crippen LogP contribution in [0.4, 0.5) is 0 Å². The molecule has 0 aliphatic heterocycles. The second-order valence-electron chi connectivity index (χ2n) is 2.92. The van der Waals surface area contributed by atoms with Gasteiger partial charge in [-0.15, -0.1) is 0 Å². The Morgan fingerprint density at radius 3 is 3.00 bits per heavy atom. The number of hydrogen-bond donors (Lipinski definition) is 2. The van der Waals surface area contributed by atoms with Crippen LogP contribution in [0.2, 0.25) is 0 Å². The fraction of sp³-hybridized carbons (Fsp3) is 0.400. The zero-order valence-electron chi connectivity index (χ0n) is 7.94. The summed E-state index contributed by atoms with van der Waals surface area (Å²) in [6.45, 7) is 0.502. The molecule has 0 saturated carbocycles. The standard InChI is InChI=1S/C10H14N2O2/c13-7-3-5-10(14)12-8-9-4-1-2-6-11-9/h1-2,4,6,13H,3,5,7-8H2,(H,12,14). The fourth-order valence-corrected chi connectivity index (χ4v) is 1.02. The van der Waals surface area contributed by atoms with Gasteiger partial charge in [0.15, 0.2) is 0 Å². The van der Waals surface area contributed by atoms with Crippen molar-refractivity contribution in [3.63, 3.8) is 0 Å². The summed E-state index contributed by atoms with van der Waals surface area (Å²) in [5.74, 6) is -0.0512. The van der Waals surface area contributed by atoms with Crippen LogP contribution in [0.15, 0.2) is 24.4 Å². The lowest BCUT2D eigenvalue weighted by Gasteiger charge is -2.03. The van der Waals surface area contributed by atoms with Crippen molar-refractivity contribution < 1.29 is 9.90 Å². The summed E-state index contributed by atoms with van der Waals surface area (Å²) >= 11 is 0. The predicted octanol–water partition coefficient (Wildman–Crippen LogP) is 0.470. The summed E-state index contributed by atoms with van der Waals surface area (Å²) in [6, 6.07) is 5.56. The number of nitrogens with zero attached hydrogens (tertiary/aromatic N) is 1. The van der Waals surface area contributed by atoms with Gasteiger partial charge in [-0.1, -0.05) is 6.07 Å². The van der Waals surface area contributed by atoms with E-state index in [2.05, 4.69) is 10.3 Å². The van der Waals surface area contributed by atoms with E-state index in [1.807, 2.05) is 18.2 Å². The first-order valence-electron chi connectivity index (χ1n) is 4.60. The number of hydrogen-bond acceptors (Lipinski definition) is 3. The largest absolute Gasteiger partial charge is 0.396 e. The first kappa shape index (κ1) is 10.7. The van der Waals surface area contributed by atoms with Crippen molar-refractivity contribution in [2.45, 2.75) is 19.4 Å². The molecule has 0 atom stereocenters. The highest BCUT2D eigenvalue weighted by molar-refractivity contribution is 5.75. The molecule has 2 N–H and O–H groups in total. The normalized spacial score (nSPS) is 9.79. The average Bonchev–Trinajstić information content (AvgIpc) is 2.25. The second-order valence-corrected chi connectivity index (χ2v) is 2.92. The van der Waals surface area contributed by atoms with Gasteiger partial charge in [-0.05, 0) is 18.6 Å². The SMILES string of the molecule is O=C(CCCO)NCc1ccccn1. The molecule has 14 heavy (non-hydrogen) atoms. The third-order valence-corrected chi connectivity index (χ3v) is 1.75. The molecule has 4 nitrogen and oxygen atoms in total. The number of aliphatic hydroxyl groups is 1.